The number of carbonyl (C=O) groups is 1. The van der Waals surface area contributed by atoms with Gasteiger partial charge in [0.15, 0.2) is 0 Å². The third-order valence-electron chi connectivity index (χ3n) is 2.81. The van der Waals surface area contributed by atoms with E-state index in [1.54, 1.807) is 6.07 Å². The number of rotatable bonds is 4. The van der Waals surface area contributed by atoms with Crippen molar-refractivity contribution in [2.24, 2.45) is 0 Å². The molecule has 0 heterocycles. The largest absolute Gasteiger partial charge is 0.490 e. The van der Waals surface area contributed by atoms with Crippen LogP contribution in [-0.4, -0.2) is 11.9 Å². The van der Waals surface area contributed by atoms with E-state index < -0.39 is 0 Å². The number of halogens is 1. The molecule has 3 heteroatoms. The molecular formula is C13H15FO2. The van der Waals surface area contributed by atoms with Crippen LogP contribution in [0, 0.1) is 5.82 Å². The summed E-state index contributed by atoms with van der Waals surface area (Å²) in [7, 11) is 0. The Morgan fingerprint density at radius 2 is 2.25 bits per heavy atom. The van der Waals surface area contributed by atoms with Crippen molar-refractivity contribution in [3.8, 4) is 5.75 Å². The number of hydrogen-bond donors (Lipinski definition) is 0. The maximum atomic E-state index is 13.1. The Hall–Kier alpha value is -1.38. The fourth-order valence-electron chi connectivity index (χ4n) is 1.74. The smallest absolute Gasteiger partial charge is 0.134 e. The maximum absolute atomic E-state index is 13.1. The predicted molar refractivity (Wildman–Crippen MR) is 59.1 cm³/mol. The van der Waals surface area contributed by atoms with Crippen molar-refractivity contribution in [3.05, 3.63) is 29.6 Å². The van der Waals surface area contributed by atoms with E-state index in [-0.39, 0.29) is 24.1 Å². The molecule has 1 aliphatic carbocycles. The second kappa shape index (κ2) is 4.64. The second-order valence-electron chi connectivity index (χ2n) is 4.30. The number of Topliss-reactive ketones (excluding diaryl/α,β-unsaturated/α-hetero) is 1. The lowest BCUT2D eigenvalue weighted by Crippen LogP contribution is -2.25. The van der Waals surface area contributed by atoms with E-state index in [2.05, 4.69) is 0 Å². The topological polar surface area (TPSA) is 26.3 Å². The Morgan fingerprint density at radius 1 is 1.50 bits per heavy atom. The third-order valence-corrected chi connectivity index (χ3v) is 2.81. The van der Waals surface area contributed by atoms with Crippen molar-refractivity contribution < 1.29 is 13.9 Å². The lowest BCUT2D eigenvalue weighted by molar-refractivity contribution is -0.116. The van der Waals surface area contributed by atoms with Crippen LogP contribution in [0.1, 0.15) is 31.7 Å². The summed E-state index contributed by atoms with van der Waals surface area (Å²) < 4.78 is 18.8. The van der Waals surface area contributed by atoms with Crippen LogP contribution in [0.4, 0.5) is 4.39 Å². The summed E-state index contributed by atoms with van der Waals surface area (Å²) >= 11 is 0. The van der Waals surface area contributed by atoms with Gasteiger partial charge in [-0.2, -0.15) is 0 Å². The predicted octanol–water partition coefficient (Wildman–Crippen LogP) is 2.89. The minimum Gasteiger partial charge on any atom is -0.490 e. The first kappa shape index (κ1) is 11.1. The van der Waals surface area contributed by atoms with Gasteiger partial charge in [-0.05, 0) is 44.4 Å². The Kier molecular flexibility index (Phi) is 3.22. The van der Waals surface area contributed by atoms with Gasteiger partial charge in [0.05, 0.1) is 6.10 Å². The Bertz CT molecular complexity index is 397. The van der Waals surface area contributed by atoms with Crippen LogP contribution in [0.2, 0.25) is 0 Å². The molecule has 0 aromatic heterocycles. The number of ketones is 1. The zero-order valence-electron chi connectivity index (χ0n) is 9.33. The summed E-state index contributed by atoms with van der Waals surface area (Å²) in [6.07, 6.45) is 3.78. The molecule has 0 saturated heterocycles. The normalized spacial score (nSPS) is 15.6. The fourth-order valence-corrected chi connectivity index (χ4v) is 1.74. The van der Waals surface area contributed by atoms with Gasteiger partial charge in [-0.15, -0.1) is 0 Å². The molecule has 0 amide bonds. The average Bonchev–Trinajstić information content (AvgIpc) is 2.12. The highest BCUT2D eigenvalue weighted by molar-refractivity contribution is 5.78. The first-order chi connectivity index (χ1) is 7.65. The molecule has 0 unspecified atom stereocenters. The Morgan fingerprint density at radius 3 is 2.81 bits per heavy atom. The average molecular weight is 222 g/mol. The van der Waals surface area contributed by atoms with Gasteiger partial charge in [0.1, 0.15) is 17.3 Å². The van der Waals surface area contributed by atoms with E-state index in [1.165, 1.54) is 25.5 Å². The van der Waals surface area contributed by atoms with Crippen LogP contribution < -0.4 is 4.74 Å². The first-order valence-electron chi connectivity index (χ1n) is 5.59. The zero-order valence-corrected chi connectivity index (χ0v) is 9.33. The van der Waals surface area contributed by atoms with Gasteiger partial charge >= 0.3 is 0 Å². The van der Waals surface area contributed by atoms with Crippen molar-refractivity contribution in [1.82, 2.24) is 0 Å². The van der Waals surface area contributed by atoms with Crippen LogP contribution in [0.5, 0.6) is 5.75 Å². The molecule has 0 radical (unpaired) electrons. The molecule has 0 spiro atoms. The molecule has 16 heavy (non-hydrogen) atoms. The van der Waals surface area contributed by atoms with Crippen molar-refractivity contribution in [1.29, 1.82) is 0 Å². The van der Waals surface area contributed by atoms with E-state index in [9.17, 15) is 9.18 Å². The SMILES string of the molecule is CC(=O)Cc1cc(F)ccc1OC1CCC1. The second-order valence-corrected chi connectivity index (χ2v) is 4.30. The molecule has 1 aromatic carbocycles. The third kappa shape index (κ3) is 2.60. The Labute approximate surface area is 94.4 Å². The highest BCUT2D eigenvalue weighted by Crippen LogP contribution is 2.28. The quantitative estimate of drug-likeness (QED) is 0.783. The summed E-state index contributed by atoms with van der Waals surface area (Å²) in [6, 6.07) is 4.37. The lowest BCUT2D eigenvalue weighted by atomic mass is 9.96. The van der Waals surface area contributed by atoms with Crippen LogP contribution in [0.25, 0.3) is 0 Å². The summed E-state index contributed by atoms with van der Waals surface area (Å²) in [6.45, 7) is 1.50. The van der Waals surface area contributed by atoms with E-state index in [0.717, 1.165) is 12.8 Å². The molecule has 86 valence electrons. The summed E-state index contributed by atoms with van der Waals surface area (Å²) in [5, 5.41) is 0. The van der Waals surface area contributed by atoms with Crippen molar-refractivity contribution in [2.75, 3.05) is 0 Å². The monoisotopic (exact) mass is 222 g/mol. The van der Waals surface area contributed by atoms with Crippen LogP contribution >= 0.6 is 0 Å². The lowest BCUT2D eigenvalue weighted by Gasteiger charge is -2.27. The van der Waals surface area contributed by atoms with Gasteiger partial charge in [-0.3, -0.25) is 4.79 Å². The molecule has 0 atom stereocenters. The fraction of sp³-hybridized carbons (Fsp3) is 0.462. The van der Waals surface area contributed by atoms with Crippen molar-refractivity contribution in [2.45, 2.75) is 38.7 Å². The Balaban J connectivity index is 2.16. The number of carbonyl (C=O) groups excluding carboxylic acids is 1. The van der Waals surface area contributed by atoms with Crippen LogP contribution in [0.15, 0.2) is 18.2 Å². The van der Waals surface area contributed by atoms with Gasteiger partial charge < -0.3 is 4.74 Å². The van der Waals surface area contributed by atoms with Gasteiger partial charge in [0.2, 0.25) is 0 Å². The zero-order chi connectivity index (χ0) is 11.5. The molecule has 1 saturated carbocycles. The van der Waals surface area contributed by atoms with Gasteiger partial charge in [-0.25, -0.2) is 4.39 Å². The van der Waals surface area contributed by atoms with Crippen molar-refractivity contribution in [3.63, 3.8) is 0 Å². The van der Waals surface area contributed by atoms with E-state index >= 15 is 0 Å². The van der Waals surface area contributed by atoms with Crippen molar-refractivity contribution >= 4 is 5.78 Å². The van der Waals surface area contributed by atoms with Gasteiger partial charge in [-0.1, -0.05) is 0 Å². The summed E-state index contributed by atoms with van der Waals surface area (Å²) in [5.41, 5.74) is 0.652. The van der Waals surface area contributed by atoms with Gasteiger partial charge in [0.25, 0.3) is 0 Å². The summed E-state index contributed by atoms with van der Waals surface area (Å²) in [4.78, 5) is 11.1. The maximum Gasteiger partial charge on any atom is 0.134 e. The molecule has 1 fully saturated rings. The van der Waals surface area contributed by atoms with Crippen LogP contribution in [-0.2, 0) is 11.2 Å². The van der Waals surface area contributed by atoms with E-state index in [1.807, 2.05) is 0 Å². The molecule has 0 N–H and O–H groups in total. The highest BCUT2D eigenvalue weighted by atomic mass is 19.1. The highest BCUT2D eigenvalue weighted by Gasteiger charge is 2.20. The minimum absolute atomic E-state index is 0.0176. The van der Waals surface area contributed by atoms with Crippen LogP contribution in [0.3, 0.4) is 0 Å². The molecule has 0 bridgehead atoms. The molecule has 2 nitrogen and oxygen atoms in total. The number of ether oxygens (including phenoxy) is 1. The molecule has 1 aliphatic rings. The van der Waals surface area contributed by atoms with Gasteiger partial charge in [0, 0.05) is 12.0 Å². The van der Waals surface area contributed by atoms with E-state index in [4.69, 9.17) is 4.74 Å². The summed E-state index contributed by atoms with van der Waals surface area (Å²) in [5.74, 6) is 0.350. The first-order valence-corrected chi connectivity index (χ1v) is 5.59. The minimum atomic E-state index is -0.322. The molecule has 1 aromatic rings. The number of benzene rings is 1. The van der Waals surface area contributed by atoms with E-state index in [0.29, 0.717) is 11.3 Å². The standard InChI is InChI=1S/C13H15FO2/c1-9(15)7-10-8-11(14)5-6-13(10)16-12-3-2-4-12/h5-6,8,12H,2-4,7H2,1H3. The molecule has 0 aliphatic heterocycles. The molecule has 2 rings (SSSR count). The molecular weight excluding hydrogens is 207 g/mol. The number of hydrogen-bond acceptors (Lipinski definition) is 2.